The van der Waals surface area contributed by atoms with E-state index in [1.165, 1.54) is 4.68 Å². The second kappa shape index (κ2) is 8.08. The number of nitrogens with zero attached hydrogens (tertiary/aromatic N) is 4. The van der Waals surface area contributed by atoms with Gasteiger partial charge in [-0.25, -0.2) is 4.68 Å². The Bertz CT molecular complexity index is 1080. The van der Waals surface area contributed by atoms with Gasteiger partial charge < -0.3 is 14.1 Å². The molecule has 8 nitrogen and oxygen atoms in total. The van der Waals surface area contributed by atoms with Crippen LogP contribution in [0.4, 0.5) is 0 Å². The number of rotatable bonds is 5. The van der Waals surface area contributed by atoms with Gasteiger partial charge in [-0.1, -0.05) is 12.1 Å². The van der Waals surface area contributed by atoms with Crippen LogP contribution in [0.3, 0.4) is 0 Å². The monoisotopic (exact) mass is 396 g/mol. The standard InChI is InChI=1S/C21H24N4O4/c1-15-6-7-19(26)25(22-15)13-10-23-8-11-24(12-9-23)21(27)18-14-16-4-3-5-17(28-2)20(16)29-18/h3-7,14H,8-13H2,1-2H3. The number of ether oxygens (including phenoxy) is 1. The van der Waals surface area contributed by atoms with E-state index in [1.807, 2.05) is 25.1 Å². The highest BCUT2D eigenvalue weighted by Gasteiger charge is 2.25. The summed E-state index contributed by atoms with van der Waals surface area (Å²) >= 11 is 0. The zero-order chi connectivity index (χ0) is 20.4. The van der Waals surface area contributed by atoms with Crippen molar-refractivity contribution in [2.45, 2.75) is 13.5 Å². The fraction of sp³-hybridized carbons (Fsp3) is 0.381. The van der Waals surface area contributed by atoms with E-state index < -0.39 is 0 Å². The smallest absolute Gasteiger partial charge is 0.289 e. The van der Waals surface area contributed by atoms with E-state index in [-0.39, 0.29) is 11.5 Å². The number of hydrogen-bond acceptors (Lipinski definition) is 6. The third-order valence-electron chi connectivity index (χ3n) is 5.23. The van der Waals surface area contributed by atoms with E-state index in [0.29, 0.717) is 36.7 Å². The molecule has 0 radical (unpaired) electrons. The summed E-state index contributed by atoms with van der Waals surface area (Å²) in [5.74, 6) is 0.833. The van der Waals surface area contributed by atoms with Crippen LogP contribution in [0.2, 0.25) is 0 Å². The van der Waals surface area contributed by atoms with Crippen LogP contribution in [0.15, 0.2) is 45.6 Å². The van der Waals surface area contributed by atoms with Crippen LogP contribution in [0.1, 0.15) is 16.2 Å². The molecule has 1 aromatic carbocycles. The third kappa shape index (κ3) is 4.02. The number of para-hydroxylation sites is 1. The predicted molar refractivity (Wildman–Crippen MR) is 108 cm³/mol. The van der Waals surface area contributed by atoms with E-state index in [4.69, 9.17) is 9.15 Å². The largest absolute Gasteiger partial charge is 0.493 e. The van der Waals surface area contributed by atoms with E-state index >= 15 is 0 Å². The number of aryl methyl sites for hydroxylation is 1. The molecule has 0 aliphatic carbocycles. The van der Waals surface area contributed by atoms with E-state index in [2.05, 4.69) is 10.00 Å². The summed E-state index contributed by atoms with van der Waals surface area (Å²) in [4.78, 5) is 28.8. The maximum atomic E-state index is 12.9. The molecule has 0 saturated carbocycles. The Labute approximate surface area is 168 Å². The zero-order valence-corrected chi connectivity index (χ0v) is 16.6. The van der Waals surface area contributed by atoms with Gasteiger partial charge in [0.2, 0.25) is 0 Å². The Kier molecular flexibility index (Phi) is 5.35. The van der Waals surface area contributed by atoms with Crippen LogP contribution in [0.5, 0.6) is 5.75 Å². The molecule has 0 atom stereocenters. The minimum Gasteiger partial charge on any atom is -0.493 e. The molecule has 2 aromatic heterocycles. The van der Waals surface area contributed by atoms with E-state index in [0.717, 1.165) is 30.7 Å². The lowest BCUT2D eigenvalue weighted by Crippen LogP contribution is -2.49. The molecule has 1 amide bonds. The summed E-state index contributed by atoms with van der Waals surface area (Å²) in [5.41, 5.74) is 1.32. The summed E-state index contributed by atoms with van der Waals surface area (Å²) < 4.78 is 12.6. The van der Waals surface area contributed by atoms with Gasteiger partial charge in [0.05, 0.1) is 19.3 Å². The Hall–Kier alpha value is -3.13. The van der Waals surface area contributed by atoms with Crippen LogP contribution in [0.25, 0.3) is 11.0 Å². The van der Waals surface area contributed by atoms with Gasteiger partial charge in [0.1, 0.15) is 0 Å². The van der Waals surface area contributed by atoms with Crippen LogP contribution in [-0.4, -0.2) is 65.3 Å². The van der Waals surface area contributed by atoms with Gasteiger partial charge in [-0.3, -0.25) is 14.5 Å². The van der Waals surface area contributed by atoms with Crippen molar-refractivity contribution < 1.29 is 13.9 Å². The summed E-state index contributed by atoms with van der Waals surface area (Å²) in [7, 11) is 1.58. The Morgan fingerprint density at radius 3 is 2.69 bits per heavy atom. The zero-order valence-electron chi connectivity index (χ0n) is 16.6. The number of amides is 1. The molecule has 1 aliphatic rings. The quantitative estimate of drug-likeness (QED) is 0.654. The molecule has 3 aromatic rings. The maximum absolute atomic E-state index is 12.9. The first-order valence-electron chi connectivity index (χ1n) is 9.68. The van der Waals surface area contributed by atoms with Gasteiger partial charge in [-0.05, 0) is 25.1 Å². The van der Waals surface area contributed by atoms with Crippen molar-refractivity contribution in [1.82, 2.24) is 19.6 Å². The molecule has 3 heterocycles. The number of carbonyl (C=O) groups is 1. The van der Waals surface area contributed by atoms with Crippen molar-refractivity contribution in [2.75, 3.05) is 39.8 Å². The van der Waals surface area contributed by atoms with Crippen molar-refractivity contribution in [1.29, 1.82) is 0 Å². The van der Waals surface area contributed by atoms with Crippen LogP contribution < -0.4 is 10.3 Å². The average molecular weight is 396 g/mol. The molecule has 0 spiro atoms. The normalized spacial score (nSPS) is 15.0. The lowest BCUT2D eigenvalue weighted by Gasteiger charge is -2.34. The van der Waals surface area contributed by atoms with Gasteiger partial charge >= 0.3 is 0 Å². The highest BCUT2D eigenvalue weighted by molar-refractivity contribution is 5.97. The molecular weight excluding hydrogens is 372 g/mol. The van der Waals surface area contributed by atoms with E-state index in [1.54, 1.807) is 30.2 Å². The molecule has 0 N–H and O–H groups in total. The number of fused-ring (bicyclic) bond motifs is 1. The minimum absolute atomic E-state index is 0.0928. The molecule has 0 bridgehead atoms. The van der Waals surface area contributed by atoms with Gasteiger partial charge in [0.25, 0.3) is 11.5 Å². The lowest BCUT2D eigenvalue weighted by molar-refractivity contribution is 0.0603. The SMILES string of the molecule is COc1cccc2cc(C(=O)N3CCN(CCn4nc(C)ccc4=O)CC3)oc12. The third-order valence-corrected chi connectivity index (χ3v) is 5.23. The van der Waals surface area contributed by atoms with Crippen LogP contribution >= 0.6 is 0 Å². The summed E-state index contributed by atoms with van der Waals surface area (Å²) in [6.07, 6.45) is 0. The van der Waals surface area contributed by atoms with Crippen molar-refractivity contribution >= 4 is 16.9 Å². The van der Waals surface area contributed by atoms with Gasteiger partial charge in [0, 0.05) is 44.2 Å². The molecule has 0 unspecified atom stereocenters. The van der Waals surface area contributed by atoms with Gasteiger partial charge in [-0.15, -0.1) is 0 Å². The van der Waals surface area contributed by atoms with Crippen molar-refractivity contribution in [3.05, 3.63) is 58.2 Å². The van der Waals surface area contributed by atoms with Crippen molar-refractivity contribution in [3.8, 4) is 5.75 Å². The van der Waals surface area contributed by atoms with Gasteiger partial charge in [0.15, 0.2) is 17.1 Å². The fourth-order valence-electron chi connectivity index (χ4n) is 3.58. The molecule has 152 valence electrons. The number of carbonyl (C=O) groups excluding carboxylic acids is 1. The van der Waals surface area contributed by atoms with E-state index in [9.17, 15) is 9.59 Å². The highest BCUT2D eigenvalue weighted by Crippen LogP contribution is 2.29. The molecule has 1 fully saturated rings. The molecular formula is C21H24N4O4. The maximum Gasteiger partial charge on any atom is 0.289 e. The van der Waals surface area contributed by atoms with Crippen LogP contribution in [-0.2, 0) is 6.54 Å². The Balaban J connectivity index is 1.36. The van der Waals surface area contributed by atoms with Crippen molar-refractivity contribution in [3.63, 3.8) is 0 Å². The number of benzene rings is 1. The average Bonchev–Trinajstić information content (AvgIpc) is 3.18. The van der Waals surface area contributed by atoms with Crippen molar-refractivity contribution in [2.24, 2.45) is 0 Å². The Morgan fingerprint density at radius 1 is 1.14 bits per heavy atom. The number of hydrogen-bond donors (Lipinski definition) is 0. The molecule has 1 saturated heterocycles. The first-order chi connectivity index (χ1) is 14.0. The summed E-state index contributed by atoms with van der Waals surface area (Å²) in [6.45, 7) is 5.85. The number of aromatic nitrogens is 2. The number of methoxy groups -OCH3 is 1. The Morgan fingerprint density at radius 2 is 1.93 bits per heavy atom. The predicted octanol–water partition coefficient (Wildman–Crippen LogP) is 1.76. The number of piperazine rings is 1. The van der Waals surface area contributed by atoms with Gasteiger partial charge in [-0.2, -0.15) is 5.10 Å². The molecule has 29 heavy (non-hydrogen) atoms. The molecule has 1 aliphatic heterocycles. The summed E-state index contributed by atoms with van der Waals surface area (Å²) in [6, 6.07) is 10.6. The topological polar surface area (TPSA) is 80.8 Å². The fourth-order valence-corrected chi connectivity index (χ4v) is 3.58. The summed E-state index contributed by atoms with van der Waals surface area (Å²) in [5, 5.41) is 5.11. The second-order valence-electron chi connectivity index (χ2n) is 7.16. The first kappa shape index (κ1) is 19.2. The number of furan rings is 1. The lowest BCUT2D eigenvalue weighted by atomic mass is 10.2. The molecule has 4 rings (SSSR count). The molecule has 8 heteroatoms. The minimum atomic E-state index is -0.112. The second-order valence-corrected chi connectivity index (χ2v) is 7.16. The highest BCUT2D eigenvalue weighted by atomic mass is 16.5. The first-order valence-corrected chi connectivity index (χ1v) is 9.68. The van der Waals surface area contributed by atoms with Crippen LogP contribution in [0, 0.1) is 6.92 Å².